The molecule has 1 aromatic heterocycles. The molecule has 160 valence electrons. The Hall–Kier alpha value is -2.38. The molecule has 0 spiro atoms. The van der Waals surface area contributed by atoms with Gasteiger partial charge in [0.05, 0.1) is 6.54 Å². The molecule has 0 radical (unpaired) electrons. The van der Waals surface area contributed by atoms with Gasteiger partial charge in [-0.25, -0.2) is 0 Å². The Morgan fingerprint density at radius 2 is 2.00 bits per heavy atom. The van der Waals surface area contributed by atoms with Crippen LogP contribution in [0.25, 0.3) is 0 Å². The Kier molecular flexibility index (Phi) is 6.29. The average molecular weight is 404 g/mol. The third-order valence-electron chi connectivity index (χ3n) is 6.03. The largest absolute Gasteiger partial charge is 0.351 e. The molecule has 1 atom stereocenters. The van der Waals surface area contributed by atoms with Gasteiger partial charge in [-0.2, -0.15) is 5.10 Å². The number of likely N-dealkylation sites (N-methyl/N-ethyl adjacent to an activating group) is 1. The number of hydrogen-bond acceptors (Lipinski definition) is 4. The fraction of sp³-hybridized carbons (Fsp3) is 0.714. The van der Waals surface area contributed by atoms with Gasteiger partial charge in [0, 0.05) is 25.2 Å². The number of hydrogen-bond donors (Lipinski definition) is 2. The van der Waals surface area contributed by atoms with Crippen molar-refractivity contribution in [2.24, 2.45) is 5.92 Å². The van der Waals surface area contributed by atoms with Crippen molar-refractivity contribution in [1.29, 1.82) is 0 Å². The molecule has 8 nitrogen and oxygen atoms in total. The summed E-state index contributed by atoms with van der Waals surface area (Å²) in [5.74, 6) is -0.218. The van der Waals surface area contributed by atoms with Crippen molar-refractivity contribution in [2.45, 2.75) is 77.9 Å². The lowest BCUT2D eigenvalue weighted by molar-refractivity contribution is -0.133. The van der Waals surface area contributed by atoms with Crippen LogP contribution in [0, 0.1) is 5.92 Å². The second-order valence-corrected chi connectivity index (χ2v) is 8.79. The molecule has 1 unspecified atom stereocenters. The molecule has 3 amide bonds. The minimum Gasteiger partial charge on any atom is -0.351 e. The smallest absolute Gasteiger partial charge is 0.273 e. The van der Waals surface area contributed by atoms with Crippen LogP contribution in [-0.2, 0) is 11.3 Å². The summed E-state index contributed by atoms with van der Waals surface area (Å²) >= 11 is 0. The minimum absolute atomic E-state index is 0.149. The molecule has 29 heavy (non-hydrogen) atoms. The first kappa shape index (κ1) is 21.3. The molecule has 0 bridgehead atoms. The van der Waals surface area contributed by atoms with Gasteiger partial charge in [-0.1, -0.05) is 26.7 Å². The molecule has 8 heteroatoms. The predicted octanol–water partition coefficient (Wildman–Crippen LogP) is 1.95. The number of nitrogens with one attached hydrogen (secondary N) is 2. The molecular weight excluding hydrogens is 370 g/mol. The molecule has 1 saturated carbocycles. The summed E-state index contributed by atoms with van der Waals surface area (Å²) in [4.78, 5) is 40.2. The third kappa shape index (κ3) is 4.31. The normalized spacial score (nSPS) is 22.1. The zero-order valence-corrected chi connectivity index (χ0v) is 18.0. The topological polar surface area (TPSA) is 96.3 Å². The van der Waals surface area contributed by atoms with Crippen LogP contribution in [0.5, 0.6) is 0 Å². The van der Waals surface area contributed by atoms with Crippen molar-refractivity contribution in [3.8, 4) is 0 Å². The lowest BCUT2D eigenvalue weighted by atomic mass is 9.94. The van der Waals surface area contributed by atoms with E-state index in [9.17, 15) is 14.4 Å². The van der Waals surface area contributed by atoms with E-state index in [1.165, 1.54) is 10.7 Å². The highest BCUT2D eigenvalue weighted by atomic mass is 16.2. The molecule has 3 rings (SSSR count). The monoisotopic (exact) mass is 403 g/mol. The number of aromatic nitrogens is 2. The predicted molar refractivity (Wildman–Crippen MR) is 110 cm³/mol. The van der Waals surface area contributed by atoms with Gasteiger partial charge < -0.3 is 15.5 Å². The number of carbonyl (C=O) groups excluding carboxylic acids is 3. The number of carbonyl (C=O) groups is 3. The summed E-state index contributed by atoms with van der Waals surface area (Å²) in [6.07, 6.45) is 5.08. The first-order chi connectivity index (χ1) is 13.8. The maximum Gasteiger partial charge on any atom is 0.273 e. The SMILES string of the molecule is CCN1C(=O)c2cc(C(=O)NCCC(C)C)nn2CC1(C)C(=O)NC1CCCC1. The van der Waals surface area contributed by atoms with E-state index < -0.39 is 5.54 Å². The standard InChI is InChI=1S/C21H33N5O3/c1-5-25-19(28)17-12-16(18(27)22-11-10-14(2)3)24-26(17)13-21(25,4)20(29)23-15-8-6-7-9-15/h12,14-15H,5-11,13H2,1-4H3,(H,22,27)(H,23,29). The van der Waals surface area contributed by atoms with Crippen LogP contribution in [0.4, 0.5) is 0 Å². The maximum atomic E-state index is 13.1. The van der Waals surface area contributed by atoms with Crippen molar-refractivity contribution in [2.75, 3.05) is 13.1 Å². The van der Waals surface area contributed by atoms with E-state index in [4.69, 9.17) is 0 Å². The molecule has 1 aliphatic heterocycles. The van der Waals surface area contributed by atoms with Crippen LogP contribution in [0.15, 0.2) is 6.07 Å². The Morgan fingerprint density at radius 1 is 1.31 bits per heavy atom. The molecule has 1 aromatic rings. The van der Waals surface area contributed by atoms with Gasteiger partial charge in [0.25, 0.3) is 11.8 Å². The van der Waals surface area contributed by atoms with E-state index >= 15 is 0 Å². The lowest BCUT2D eigenvalue weighted by Gasteiger charge is -2.43. The fourth-order valence-electron chi connectivity index (χ4n) is 4.22. The van der Waals surface area contributed by atoms with E-state index in [1.54, 1.807) is 11.8 Å². The van der Waals surface area contributed by atoms with Crippen LogP contribution in [-0.4, -0.2) is 57.1 Å². The summed E-state index contributed by atoms with van der Waals surface area (Å²) in [5, 5.41) is 10.3. The Morgan fingerprint density at radius 3 is 2.62 bits per heavy atom. The van der Waals surface area contributed by atoms with E-state index in [2.05, 4.69) is 29.6 Å². The van der Waals surface area contributed by atoms with E-state index in [0.717, 1.165) is 32.1 Å². The van der Waals surface area contributed by atoms with Crippen molar-refractivity contribution >= 4 is 17.7 Å². The van der Waals surface area contributed by atoms with Gasteiger partial charge >= 0.3 is 0 Å². The van der Waals surface area contributed by atoms with Crippen molar-refractivity contribution in [3.63, 3.8) is 0 Å². The second-order valence-electron chi connectivity index (χ2n) is 8.79. The Labute approximate surface area is 172 Å². The highest BCUT2D eigenvalue weighted by Crippen LogP contribution is 2.28. The summed E-state index contributed by atoms with van der Waals surface area (Å²) in [7, 11) is 0. The van der Waals surface area contributed by atoms with E-state index in [1.807, 2.05) is 6.92 Å². The van der Waals surface area contributed by atoms with Gasteiger partial charge in [0.15, 0.2) is 5.69 Å². The first-order valence-electron chi connectivity index (χ1n) is 10.7. The quantitative estimate of drug-likeness (QED) is 0.727. The van der Waals surface area contributed by atoms with Gasteiger partial charge in [-0.05, 0) is 39.0 Å². The zero-order valence-electron chi connectivity index (χ0n) is 18.0. The number of fused-ring (bicyclic) bond motifs is 1. The van der Waals surface area contributed by atoms with Crippen molar-refractivity contribution in [3.05, 3.63) is 17.5 Å². The number of rotatable bonds is 7. The summed E-state index contributed by atoms with van der Waals surface area (Å²) in [5.41, 5.74) is -0.459. The summed E-state index contributed by atoms with van der Waals surface area (Å²) in [6, 6.07) is 1.71. The summed E-state index contributed by atoms with van der Waals surface area (Å²) in [6.45, 7) is 9.05. The highest BCUT2D eigenvalue weighted by molar-refractivity contribution is 6.01. The van der Waals surface area contributed by atoms with Crippen LogP contribution >= 0.6 is 0 Å². The van der Waals surface area contributed by atoms with Gasteiger partial charge in [0.1, 0.15) is 11.2 Å². The number of amides is 3. The van der Waals surface area contributed by atoms with Crippen molar-refractivity contribution < 1.29 is 14.4 Å². The molecule has 2 heterocycles. The third-order valence-corrected chi connectivity index (χ3v) is 6.03. The number of nitrogens with zero attached hydrogens (tertiary/aromatic N) is 3. The van der Waals surface area contributed by atoms with Crippen LogP contribution in [0.1, 0.15) is 80.8 Å². The van der Waals surface area contributed by atoms with E-state index in [0.29, 0.717) is 24.7 Å². The minimum atomic E-state index is -1.03. The van der Waals surface area contributed by atoms with Crippen LogP contribution in [0.2, 0.25) is 0 Å². The fourth-order valence-corrected chi connectivity index (χ4v) is 4.22. The molecule has 2 N–H and O–H groups in total. The zero-order chi connectivity index (χ0) is 21.2. The second kappa shape index (κ2) is 8.55. The molecule has 0 saturated heterocycles. The molecule has 1 aliphatic carbocycles. The van der Waals surface area contributed by atoms with E-state index in [-0.39, 0.29) is 36.0 Å². The van der Waals surface area contributed by atoms with Crippen LogP contribution < -0.4 is 10.6 Å². The lowest BCUT2D eigenvalue weighted by Crippen LogP contribution is -2.64. The van der Waals surface area contributed by atoms with Gasteiger partial charge in [-0.3, -0.25) is 19.1 Å². The van der Waals surface area contributed by atoms with Crippen molar-refractivity contribution in [1.82, 2.24) is 25.3 Å². The Bertz CT molecular complexity index is 781. The molecular formula is C21H33N5O3. The molecule has 2 aliphatic rings. The Balaban J connectivity index is 1.79. The maximum absolute atomic E-state index is 13.1. The molecule has 1 fully saturated rings. The average Bonchev–Trinajstić information content (AvgIpc) is 3.31. The molecule has 0 aromatic carbocycles. The van der Waals surface area contributed by atoms with Gasteiger partial charge in [0.2, 0.25) is 5.91 Å². The van der Waals surface area contributed by atoms with Gasteiger partial charge in [-0.15, -0.1) is 0 Å². The highest BCUT2D eigenvalue weighted by Gasteiger charge is 2.48. The summed E-state index contributed by atoms with van der Waals surface area (Å²) < 4.78 is 1.51. The van der Waals surface area contributed by atoms with Crippen LogP contribution in [0.3, 0.4) is 0 Å². The first-order valence-corrected chi connectivity index (χ1v) is 10.7.